The van der Waals surface area contributed by atoms with Crippen LogP contribution in [-0.4, -0.2) is 26.1 Å². The van der Waals surface area contributed by atoms with Crippen molar-refractivity contribution in [1.82, 2.24) is 0 Å². The Morgan fingerprint density at radius 1 is 1.35 bits per heavy atom. The predicted octanol–water partition coefficient (Wildman–Crippen LogP) is 1.10. The average Bonchev–Trinajstić information content (AvgIpc) is 2.17. The quantitative estimate of drug-likeness (QED) is 0.866. The second kappa shape index (κ2) is 5.09. The highest BCUT2D eigenvalue weighted by Crippen LogP contribution is 2.32. The lowest BCUT2D eigenvalue weighted by molar-refractivity contribution is -0.139. The third-order valence-corrected chi connectivity index (χ3v) is 3.32. The van der Waals surface area contributed by atoms with Crippen molar-refractivity contribution in [2.24, 2.45) is 5.14 Å². The van der Waals surface area contributed by atoms with E-state index >= 15 is 0 Å². The van der Waals surface area contributed by atoms with Crippen LogP contribution in [-0.2, 0) is 14.8 Å². The van der Waals surface area contributed by atoms with Crippen molar-refractivity contribution >= 4 is 39.2 Å². The topological polar surface area (TPSA) is 107 Å². The molecule has 9 heteroatoms. The summed E-state index contributed by atoms with van der Waals surface area (Å²) in [4.78, 5) is 9.92. The molecule has 1 aromatic rings. The summed E-state index contributed by atoms with van der Waals surface area (Å²) in [5, 5.41) is 13.0. The number of hydrogen-bond donors (Lipinski definition) is 2. The van der Waals surface area contributed by atoms with E-state index in [1.165, 1.54) is 0 Å². The van der Waals surface area contributed by atoms with Crippen molar-refractivity contribution in [3.8, 4) is 5.75 Å². The largest absolute Gasteiger partial charge is 0.480 e. The van der Waals surface area contributed by atoms with Crippen LogP contribution in [0.25, 0.3) is 0 Å². The van der Waals surface area contributed by atoms with Crippen LogP contribution < -0.4 is 9.88 Å². The van der Waals surface area contributed by atoms with Crippen LogP contribution in [0.1, 0.15) is 0 Å². The molecule has 3 N–H and O–H groups in total. The minimum Gasteiger partial charge on any atom is -0.480 e. The maximum Gasteiger partial charge on any atom is 0.341 e. The smallest absolute Gasteiger partial charge is 0.341 e. The fourth-order valence-corrected chi connectivity index (χ4v) is 2.35. The number of carbonyl (C=O) groups is 1. The summed E-state index contributed by atoms with van der Waals surface area (Å²) in [6, 6.07) is 2.09. The van der Waals surface area contributed by atoms with Crippen molar-refractivity contribution in [1.29, 1.82) is 0 Å². The molecule has 94 valence electrons. The van der Waals surface area contributed by atoms with Crippen LogP contribution in [0.2, 0.25) is 10.0 Å². The van der Waals surface area contributed by atoms with E-state index < -0.39 is 22.6 Å². The summed E-state index contributed by atoms with van der Waals surface area (Å²) in [5.41, 5.74) is 0. The molecule has 0 aliphatic carbocycles. The maximum absolute atomic E-state index is 11.1. The summed E-state index contributed by atoms with van der Waals surface area (Å²) in [7, 11) is -3.99. The number of carboxylic acid groups (broad SMARTS) is 1. The third-order valence-electron chi connectivity index (χ3n) is 1.64. The van der Waals surface area contributed by atoms with Gasteiger partial charge in [-0.25, -0.2) is 18.4 Å². The van der Waals surface area contributed by atoms with Crippen molar-refractivity contribution in [2.45, 2.75) is 4.90 Å². The summed E-state index contributed by atoms with van der Waals surface area (Å²) >= 11 is 11.4. The van der Waals surface area contributed by atoms with Crippen molar-refractivity contribution < 1.29 is 23.1 Å². The van der Waals surface area contributed by atoms with E-state index in [0.29, 0.717) is 0 Å². The Kier molecular flexibility index (Phi) is 4.21. The second-order valence-electron chi connectivity index (χ2n) is 2.94. The Morgan fingerprint density at radius 3 is 2.41 bits per heavy atom. The fourth-order valence-electron chi connectivity index (χ4n) is 0.978. The fraction of sp³-hybridized carbons (Fsp3) is 0.125. The van der Waals surface area contributed by atoms with E-state index in [-0.39, 0.29) is 20.7 Å². The van der Waals surface area contributed by atoms with E-state index in [0.717, 1.165) is 12.1 Å². The molecule has 17 heavy (non-hydrogen) atoms. The average molecular weight is 300 g/mol. The normalized spacial score (nSPS) is 11.2. The van der Waals surface area contributed by atoms with E-state index in [4.69, 9.17) is 38.2 Å². The van der Waals surface area contributed by atoms with E-state index in [1.807, 2.05) is 0 Å². The molecule has 0 atom stereocenters. The van der Waals surface area contributed by atoms with Gasteiger partial charge in [-0.3, -0.25) is 0 Å². The molecule has 1 aromatic carbocycles. The summed E-state index contributed by atoms with van der Waals surface area (Å²) in [5.74, 6) is -1.24. The van der Waals surface area contributed by atoms with Crippen LogP contribution in [0.4, 0.5) is 0 Å². The molecule has 0 fully saturated rings. The van der Waals surface area contributed by atoms with Crippen LogP contribution in [0.5, 0.6) is 5.75 Å². The molecule has 6 nitrogen and oxygen atoms in total. The molecule has 0 amide bonds. The Labute approximate surface area is 107 Å². The Hall–Kier alpha value is -1.02. The molecule has 0 aliphatic rings. The highest BCUT2D eigenvalue weighted by molar-refractivity contribution is 7.89. The minimum absolute atomic E-state index is 0.0357. The lowest BCUT2D eigenvalue weighted by Crippen LogP contribution is -2.13. The molecule has 0 aliphatic heterocycles. The molecule has 1 rings (SSSR count). The highest BCUT2D eigenvalue weighted by atomic mass is 35.5. The Bertz CT molecular complexity index is 557. The molecular weight excluding hydrogens is 293 g/mol. The molecule has 0 heterocycles. The van der Waals surface area contributed by atoms with Gasteiger partial charge in [0.05, 0.1) is 10.0 Å². The van der Waals surface area contributed by atoms with Gasteiger partial charge in [-0.15, -0.1) is 0 Å². The molecule has 0 radical (unpaired) electrons. The first-order valence-corrected chi connectivity index (χ1v) is 6.38. The molecule has 0 saturated heterocycles. The van der Waals surface area contributed by atoms with Crippen LogP contribution in [0, 0.1) is 0 Å². The molecule has 0 spiro atoms. The van der Waals surface area contributed by atoms with Gasteiger partial charge in [0.25, 0.3) is 0 Å². The van der Waals surface area contributed by atoms with Gasteiger partial charge in [0.15, 0.2) is 6.61 Å². The van der Waals surface area contributed by atoms with Gasteiger partial charge in [-0.05, 0) is 6.07 Å². The van der Waals surface area contributed by atoms with Gasteiger partial charge < -0.3 is 9.84 Å². The highest BCUT2D eigenvalue weighted by Gasteiger charge is 2.17. The number of primary sulfonamides is 1. The summed E-state index contributed by atoms with van der Waals surface area (Å²) < 4.78 is 27.0. The van der Waals surface area contributed by atoms with Crippen LogP contribution in [0.3, 0.4) is 0 Å². The van der Waals surface area contributed by atoms with Crippen molar-refractivity contribution in [3.63, 3.8) is 0 Å². The first-order valence-electron chi connectivity index (χ1n) is 4.08. The van der Waals surface area contributed by atoms with Gasteiger partial charge in [0.2, 0.25) is 10.0 Å². The zero-order chi connectivity index (χ0) is 13.2. The third kappa shape index (κ3) is 3.74. The number of hydrogen-bond acceptors (Lipinski definition) is 4. The van der Waals surface area contributed by atoms with E-state index in [9.17, 15) is 13.2 Å². The molecule has 0 aromatic heterocycles. The number of carboxylic acids is 1. The Balaban J connectivity index is 3.14. The SMILES string of the molecule is NS(=O)(=O)c1cc(Cl)c(OCC(=O)O)cc1Cl. The van der Waals surface area contributed by atoms with Crippen molar-refractivity contribution in [2.75, 3.05) is 6.61 Å². The lowest BCUT2D eigenvalue weighted by Gasteiger charge is -2.08. The number of aliphatic carboxylic acids is 1. The minimum atomic E-state index is -3.99. The number of nitrogens with two attached hydrogens (primary N) is 1. The zero-order valence-corrected chi connectivity index (χ0v) is 10.5. The van der Waals surface area contributed by atoms with Gasteiger partial charge >= 0.3 is 5.97 Å². The van der Waals surface area contributed by atoms with Crippen LogP contribution >= 0.6 is 23.2 Å². The second-order valence-corrected chi connectivity index (χ2v) is 5.28. The van der Waals surface area contributed by atoms with Gasteiger partial charge in [0.1, 0.15) is 10.6 Å². The molecule has 0 bridgehead atoms. The number of rotatable bonds is 4. The summed E-state index contributed by atoms with van der Waals surface area (Å²) in [6.45, 7) is -0.620. The van der Waals surface area contributed by atoms with Gasteiger partial charge in [-0.1, -0.05) is 23.2 Å². The van der Waals surface area contributed by atoms with E-state index in [2.05, 4.69) is 0 Å². The van der Waals surface area contributed by atoms with Gasteiger partial charge in [0, 0.05) is 6.07 Å². The first kappa shape index (κ1) is 14.0. The van der Waals surface area contributed by atoms with Gasteiger partial charge in [-0.2, -0.15) is 0 Å². The number of benzene rings is 1. The maximum atomic E-state index is 11.1. The van der Waals surface area contributed by atoms with E-state index in [1.54, 1.807) is 0 Å². The van der Waals surface area contributed by atoms with Crippen molar-refractivity contribution in [3.05, 3.63) is 22.2 Å². The van der Waals surface area contributed by atoms with Crippen LogP contribution in [0.15, 0.2) is 17.0 Å². The Morgan fingerprint density at radius 2 is 1.94 bits per heavy atom. The predicted molar refractivity (Wildman–Crippen MR) is 61.0 cm³/mol. The molecule has 0 unspecified atom stereocenters. The summed E-state index contributed by atoms with van der Waals surface area (Å²) in [6.07, 6.45) is 0. The monoisotopic (exact) mass is 299 g/mol. The first-order chi connectivity index (χ1) is 7.71. The molecule has 0 saturated carbocycles. The number of halogens is 2. The lowest BCUT2D eigenvalue weighted by atomic mass is 10.3. The number of ether oxygens (including phenoxy) is 1. The molecular formula is C8H7Cl2NO5S. The standard InChI is InChI=1S/C8H7Cl2NO5S/c9-4-2-7(17(11,14)15)5(10)1-6(4)16-3-8(12)13/h1-2H,3H2,(H,12,13)(H2,11,14,15). The number of sulfonamides is 1. The zero-order valence-electron chi connectivity index (χ0n) is 8.18.